The Labute approximate surface area is 126 Å². The minimum atomic E-state index is 0.289. The molecule has 0 radical (unpaired) electrons. The summed E-state index contributed by atoms with van der Waals surface area (Å²) in [7, 11) is 0. The molecule has 1 aliphatic rings. The van der Waals surface area contributed by atoms with Crippen molar-refractivity contribution in [3.05, 3.63) is 29.3 Å². The van der Waals surface area contributed by atoms with E-state index in [-0.39, 0.29) is 5.84 Å². The lowest BCUT2D eigenvalue weighted by Crippen LogP contribution is -2.52. The van der Waals surface area contributed by atoms with Gasteiger partial charge in [-0.15, -0.1) is 0 Å². The Kier molecular flexibility index (Phi) is 5.26. The summed E-state index contributed by atoms with van der Waals surface area (Å²) >= 11 is 5.93. The second kappa shape index (κ2) is 6.95. The SMILES string of the molecule is CC1CN(c2ccc(Cl)cc2)CCN1CCCC(=N)N. The third kappa shape index (κ3) is 4.12. The maximum atomic E-state index is 7.26. The van der Waals surface area contributed by atoms with Crippen LogP contribution in [0.5, 0.6) is 0 Å². The van der Waals surface area contributed by atoms with Gasteiger partial charge in [0, 0.05) is 42.8 Å². The molecule has 3 N–H and O–H groups in total. The molecular weight excluding hydrogens is 272 g/mol. The van der Waals surface area contributed by atoms with Gasteiger partial charge in [0.25, 0.3) is 0 Å². The average molecular weight is 295 g/mol. The summed E-state index contributed by atoms with van der Waals surface area (Å²) in [4.78, 5) is 4.89. The molecule has 1 fully saturated rings. The number of rotatable bonds is 5. The quantitative estimate of drug-likeness (QED) is 0.648. The van der Waals surface area contributed by atoms with Gasteiger partial charge in [-0.25, -0.2) is 0 Å². The minimum absolute atomic E-state index is 0.289. The number of hydrogen-bond donors (Lipinski definition) is 2. The molecule has 0 saturated carbocycles. The highest BCUT2D eigenvalue weighted by Gasteiger charge is 2.23. The molecule has 1 unspecified atom stereocenters. The molecule has 5 heteroatoms. The lowest BCUT2D eigenvalue weighted by molar-refractivity contribution is 0.188. The lowest BCUT2D eigenvalue weighted by atomic mass is 10.1. The lowest BCUT2D eigenvalue weighted by Gasteiger charge is -2.41. The molecule has 4 nitrogen and oxygen atoms in total. The maximum absolute atomic E-state index is 7.26. The highest BCUT2D eigenvalue weighted by Crippen LogP contribution is 2.21. The van der Waals surface area contributed by atoms with Crippen molar-refractivity contribution in [3.63, 3.8) is 0 Å². The summed E-state index contributed by atoms with van der Waals surface area (Å²) in [5.41, 5.74) is 6.64. The van der Waals surface area contributed by atoms with Crippen LogP contribution in [0.4, 0.5) is 5.69 Å². The van der Waals surface area contributed by atoms with Crippen LogP contribution in [0.25, 0.3) is 0 Å². The zero-order valence-corrected chi connectivity index (χ0v) is 12.7. The zero-order chi connectivity index (χ0) is 14.5. The Morgan fingerprint density at radius 3 is 2.65 bits per heavy atom. The van der Waals surface area contributed by atoms with E-state index >= 15 is 0 Å². The fourth-order valence-electron chi connectivity index (χ4n) is 2.69. The normalized spacial score (nSPS) is 20.1. The van der Waals surface area contributed by atoms with Gasteiger partial charge in [0.2, 0.25) is 0 Å². The number of anilines is 1. The van der Waals surface area contributed by atoms with E-state index in [1.54, 1.807) is 0 Å². The Hall–Kier alpha value is -1.26. The third-order valence-electron chi connectivity index (χ3n) is 3.85. The van der Waals surface area contributed by atoms with E-state index in [1.807, 2.05) is 12.1 Å². The van der Waals surface area contributed by atoms with E-state index in [2.05, 4.69) is 28.9 Å². The third-order valence-corrected chi connectivity index (χ3v) is 4.10. The molecule has 110 valence electrons. The molecule has 1 saturated heterocycles. The first-order valence-electron chi connectivity index (χ1n) is 7.13. The summed E-state index contributed by atoms with van der Waals surface area (Å²) in [6, 6.07) is 8.58. The number of nitrogens with two attached hydrogens (primary N) is 1. The van der Waals surface area contributed by atoms with Gasteiger partial charge in [0.05, 0.1) is 5.84 Å². The minimum Gasteiger partial charge on any atom is -0.388 e. The van der Waals surface area contributed by atoms with Crippen LogP contribution in [0.15, 0.2) is 24.3 Å². The maximum Gasteiger partial charge on any atom is 0.0905 e. The smallest absolute Gasteiger partial charge is 0.0905 e. The van der Waals surface area contributed by atoms with E-state index in [9.17, 15) is 0 Å². The molecule has 20 heavy (non-hydrogen) atoms. The van der Waals surface area contributed by atoms with Crippen molar-refractivity contribution >= 4 is 23.1 Å². The van der Waals surface area contributed by atoms with Crippen molar-refractivity contribution in [1.82, 2.24) is 4.90 Å². The van der Waals surface area contributed by atoms with Crippen molar-refractivity contribution < 1.29 is 0 Å². The van der Waals surface area contributed by atoms with Gasteiger partial charge in [0.15, 0.2) is 0 Å². The first-order chi connectivity index (χ1) is 9.56. The van der Waals surface area contributed by atoms with Crippen molar-refractivity contribution in [2.45, 2.75) is 25.8 Å². The summed E-state index contributed by atoms with van der Waals surface area (Å²) in [5, 5.41) is 8.05. The van der Waals surface area contributed by atoms with Crippen LogP contribution < -0.4 is 10.6 Å². The molecule has 2 rings (SSSR count). The van der Waals surface area contributed by atoms with E-state index in [1.165, 1.54) is 5.69 Å². The molecule has 1 atom stereocenters. The Bertz CT molecular complexity index is 446. The van der Waals surface area contributed by atoms with Gasteiger partial charge in [-0.05, 0) is 44.2 Å². The fraction of sp³-hybridized carbons (Fsp3) is 0.533. The second-order valence-corrected chi connectivity index (χ2v) is 5.87. The first kappa shape index (κ1) is 15.1. The molecule has 0 aliphatic carbocycles. The largest absolute Gasteiger partial charge is 0.388 e. The number of halogens is 1. The van der Waals surface area contributed by atoms with Crippen LogP contribution in [-0.4, -0.2) is 43.0 Å². The fourth-order valence-corrected chi connectivity index (χ4v) is 2.81. The molecule has 1 aromatic carbocycles. The molecule has 1 heterocycles. The molecule has 1 aliphatic heterocycles. The molecule has 0 spiro atoms. The van der Waals surface area contributed by atoms with E-state index in [0.717, 1.165) is 37.6 Å². The van der Waals surface area contributed by atoms with Crippen molar-refractivity contribution in [2.75, 3.05) is 31.1 Å². The van der Waals surface area contributed by atoms with Crippen LogP contribution in [0.3, 0.4) is 0 Å². The van der Waals surface area contributed by atoms with Gasteiger partial charge in [-0.1, -0.05) is 11.6 Å². The molecule has 0 bridgehead atoms. The molecule has 0 aromatic heterocycles. The predicted octanol–water partition coefficient (Wildman–Crippen LogP) is 2.57. The van der Waals surface area contributed by atoms with Gasteiger partial charge in [-0.3, -0.25) is 10.3 Å². The Morgan fingerprint density at radius 2 is 2.05 bits per heavy atom. The Balaban J connectivity index is 1.85. The number of benzene rings is 1. The van der Waals surface area contributed by atoms with Crippen molar-refractivity contribution in [2.24, 2.45) is 5.73 Å². The van der Waals surface area contributed by atoms with Crippen LogP contribution in [0, 0.1) is 5.41 Å². The van der Waals surface area contributed by atoms with Crippen molar-refractivity contribution in [1.29, 1.82) is 5.41 Å². The van der Waals surface area contributed by atoms with E-state index in [0.29, 0.717) is 12.5 Å². The van der Waals surface area contributed by atoms with Crippen LogP contribution in [-0.2, 0) is 0 Å². The number of nitrogens with zero attached hydrogens (tertiary/aromatic N) is 2. The van der Waals surface area contributed by atoms with Crippen LogP contribution >= 0.6 is 11.6 Å². The summed E-state index contributed by atoms with van der Waals surface area (Å²) < 4.78 is 0. The monoisotopic (exact) mass is 294 g/mol. The van der Waals surface area contributed by atoms with Crippen LogP contribution in [0.2, 0.25) is 5.02 Å². The predicted molar refractivity (Wildman–Crippen MR) is 85.8 cm³/mol. The second-order valence-electron chi connectivity index (χ2n) is 5.44. The topological polar surface area (TPSA) is 56.4 Å². The Morgan fingerprint density at radius 1 is 1.35 bits per heavy atom. The van der Waals surface area contributed by atoms with Gasteiger partial charge >= 0.3 is 0 Å². The molecule has 1 aromatic rings. The summed E-state index contributed by atoms with van der Waals surface area (Å²) in [5.74, 6) is 0.289. The number of amidine groups is 1. The highest BCUT2D eigenvalue weighted by atomic mass is 35.5. The van der Waals surface area contributed by atoms with E-state index in [4.69, 9.17) is 22.7 Å². The van der Waals surface area contributed by atoms with Gasteiger partial charge < -0.3 is 10.6 Å². The zero-order valence-electron chi connectivity index (χ0n) is 12.0. The number of piperazine rings is 1. The first-order valence-corrected chi connectivity index (χ1v) is 7.51. The number of nitrogens with one attached hydrogen (secondary N) is 1. The summed E-state index contributed by atoms with van der Waals surface area (Å²) in [6.07, 6.45) is 1.67. The van der Waals surface area contributed by atoms with E-state index < -0.39 is 0 Å². The van der Waals surface area contributed by atoms with Gasteiger partial charge in [0.1, 0.15) is 0 Å². The number of hydrogen-bond acceptors (Lipinski definition) is 3. The average Bonchev–Trinajstić information content (AvgIpc) is 2.41. The molecule has 0 amide bonds. The van der Waals surface area contributed by atoms with Crippen molar-refractivity contribution in [3.8, 4) is 0 Å². The van der Waals surface area contributed by atoms with Crippen LogP contribution in [0.1, 0.15) is 19.8 Å². The van der Waals surface area contributed by atoms with Gasteiger partial charge in [-0.2, -0.15) is 0 Å². The highest BCUT2D eigenvalue weighted by molar-refractivity contribution is 6.30. The molecular formula is C15H23ClN4. The standard InChI is InChI=1S/C15H23ClN4/c1-12-11-20(14-6-4-13(16)5-7-14)10-9-19(12)8-2-3-15(17)18/h4-7,12H,2-3,8-11H2,1H3,(H3,17,18). The summed E-state index contributed by atoms with van der Waals surface area (Å²) in [6.45, 7) is 6.40.